The van der Waals surface area contributed by atoms with Crippen molar-refractivity contribution in [1.82, 2.24) is 4.98 Å². The third-order valence-corrected chi connectivity index (χ3v) is 3.13. The first kappa shape index (κ1) is 14.6. The average Bonchev–Trinajstić information content (AvgIpc) is 2.37. The Hall–Kier alpha value is -1.85. The lowest BCUT2D eigenvalue weighted by Gasteiger charge is -2.15. The van der Waals surface area contributed by atoms with Crippen LogP contribution in [0, 0.1) is 10.1 Å². The molecule has 0 spiro atoms. The van der Waals surface area contributed by atoms with Gasteiger partial charge in [-0.15, -0.1) is 0 Å². The van der Waals surface area contributed by atoms with Crippen molar-refractivity contribution in [2.24, 2.45) is 0 Å². The van der Waals surface area contributed by atoms with Crippen LogP contribution in [-0.4, -0.2) is 9.91 Å². The van der Waals surface area contributed by atoms with Crippen LogP contribution in [0.4, 0.5) is 11.5 Å². The van der Waals surface area contributed by atoms with E-state index in [1.165, 1.54) is 12.1 Å². The molecular weight excluding hydrogens is 301 g/mol. The maximum absolute atomic E-state index is 10.8. The molecule has 0 saturated heterocycles. The van der Waals surface area contributed by atoms with Gasteiger partial charge in [-0.25, -0.2) is 4.98 Å². The lowest BCUT2D eigenvalue weighted by Crippen LogP contribution is -2.08. The predicted molar refractivity (Wildman–Crippen MR) is 79.4 cm³/mol. The van der Waals surface area contributed by atoms with E-state index in [0.717, 1.165) is 5.56 Å². The predicted octanol–water partition coefficient (Wildman–Crippen LogP) is 4.47. The fraction of sp³-hybridized carbons (Fsp3) is 0.154. The molecule has 2 rings (SSSR count). The largest absolute Gasteiger partial charge is 0.363 e. The Labute approximate surface area is 125 Å². The molecule has 5 nitrogen and oxygen atoms in total. The van der Waals surface area contributed by atoms with Crippen LogP contribution in [0.3, 0.4) is 0 Å². The molecule has 1 N–H and O–H groups in total. The van der Waals surface area contributed by atoms with Gasteiger partial charge in [0.2, 0.25) is 0 Å². The molecular formula is C13H11Cl2N3O2. The molecule has 0 aliphatic heterocycles. The van der Waals surface area contributed by atoms with E-state index < -0.39 is 4.92 Å². The van der Waals surface area contributed by atoms with Gasteiger partial charge in [-0.2, -0.15) is 0 Å². The van der Waals surface area contributed by atoms with E-state index in [0.29, 0.717) is 10.8 Å². The Morgan fingerprint density at radius 3 is 2.70 bits per heavy atom. The molecule has 2 aromatic rings. The van der Waals surface area contributed by atoms with Gasteiger partial charge in [0.1, 0.15) is 11.0 Å². The van der Waals surface area contributed by atoms with E-state index in [-0.39, 0.29) is 16.9 Å². The molecule has 0 aliphatic carbocycles. The van der Waals surface area contributed by atoms with E-state index >= 15 is 0 Å². The average molecular weight is 312 g/mol. The Bertz CT molecular complexity index is 649. The van der Waals surface area contributed by atoms with Crippen LogP contribution in [0.5, 0.6) is 0 Å². The zero-order valence-electron chi connectivity index (χ0n) is 10.5. The highest BCUT2D eigenvalue weighted by molar-refractivity contribution is 6.30. The zero-order chi connectivity index (χ0) is 14.7. The number of nitrogens with zero attached hydrogens (tertiary/aromatic N) is 2. The molecule has 0 radical (unpaired) electrons. The number of hydrogen-bond acceptors (Lipinski definition) is 4. The van der Waals surface area contributed by atoms with Gasteiger partial charge in [0.25, 0.3) is 5.69 Å². The number of anilines is 1. The van der Waals surface area contributed by atoms with Gasteiger partial charge in [0, 0.05) is 11.1 Å². The summed E-state index contributed by atoms with van der Waals surface area (Å²) in [4.78, 5) is 14.3. The molecule has 0 fully saturated rings. The number of hydrogen-bond donors (Lipinski definition) is 1. The Kier molecular flexibility index (Phi) is 4.42. The van der Waals surface area contributed by atoms with Gasteiger partial charge in [-0.05, 0) is 24.6 Å². The quantitative estimate of drug-likeness (QED) is 0.514. The minimum atomic E-state index is -0.511. The van der Waals surface area contributed by atoms with E-state index in [1.54, 1.807) is 6.07 Å². The summed E-state index contributed by atoms with van der Waals surface area (Å²) < 4.78 is 0. The summed E-state index contributed by atoms with van der Waals surface area (Å²) in [5, 5.41) is 14.5. The smallest absolute Gasteiger partial charge is 0.276 e. The second-order valence-corrected chi connectivity index (χ2v) is 5.04. The molecule has 0 bridgehead atoms. The first-order chi connectivity index (χ1) is 9.45. The van der Waals surface area contributed by atoms with Gasteiger partial charge in [-0.3, -0.25) is 10.1 Å². The second-order valence-electron chi connectivity index (χ2n) is 4.21. The third kappa shape index (κ3) is 3.59. The molecule has 1 aromatic carbocycles. The Morgan fingerprint density at radius 1 is 1.30 bits per heavy atom. The molecule has 20 heavy (non-hydrogen) atoms. The summed E-state index contributed by atoms with van der Waals surface area (Å²) in [7, 11) is 0. The van der Waals surface area contributed by atoms with E-state index in [4.69, 9.17) is 23.2 Å². The SMILES string of the molecule is CC(Nc1cc([N+](=O)[O-])cc(Cl)n1)c1cccc(Cl)c1. The molecule has 1 heterocycles. The molecule has 1 atom stereocenters. The van der Waals surface area contributed by atoms with Crippen LogP contribution in [0.25, 0.3) is 0 Å². The Morgan fingerprint density at radius 2 is 2.05 bits per heavy atom. The minimum Gasteiger partial charge on any atom is -0.363 e. The molecule has 0 aliphatic rings. The van der Waals surface area contributed by atoms with Crippen molar-refractivity contribution in [3.8, 4) is 0 Å². The maximum atomic E-state index is 10.8. The molecule has 0 saturated carbocycles. The van der Waals surface area contributed by atoms with Gasteiger partial charge < -0.3 is 5.32 Å². The van der Waals surface area contributed by atoms with Crippen LogP contribution < -0.4 is 5.32 Å². The van der Waals surface area contributed by atoms with Crippen LogP contribution in [0.2, 0.25) is 10.2 Å². The number of halogens is 2. The zero-order valence-corrected chi connectivity index (χ0v) is 12.0. The molecule has 1 aromatic heterocycles. The van der Waals surface area contributed by atoms with Crippen molar-refractivity contribution in [2.75, 3.05) is 5.32 Å². The topological polar surface area (TPSA) is 68.1 Å². The monoisotopic (exact) mass is 311 g/mol. The van der Waals surface area contributed by atoms with Crippen LogP contribution in [0.1, 0.15) is 18.5 Å². The first-order valence-electron chi connectivity index (χ1n) is 5.79. The number of pyridine rings is 1. The minimum absolute atomic E-state index is 0.0694. The van der Waals surface area contributed by atoms with Crippen LogP contribution in [0.15, 0.2) is 36.4 Å². The van der Waals surface area contributed by atoms with E-state index in [9.17, 15) is 10.1 Å². The number of benzene rings is 1. The standard InChI is InChI=1S/C13H11Cl2N3O2/c1-8(9-3-2-4-10(14)5-9)16-13-7-11(18(19)20)6-12(15)17-13/h2-8H,1H3,(H,16,17). The highest BCUT2D eigenvalue weighted by Crippen LogP contribution is 2.25. The van der Waals surface area contributed by atoms with Crippen molar-refractivity contribution in [3.63, 3.8) is 0 Å². The number of nitro groups is 1. The Balaban J connectivity index is 2.23. The normalized spacial score (nSPS) is 11.9. The summed E-state index contributed by atoms with van der Waals surface area (Å²) in [6, 6.07) is 9.77. The summed E-state index contributed by atoms with van der Waals surface area (Å²) in [5.41, 5.74) is 0.840. The van der Waals surface area contributed by atoms with Crippen molar-refractivity contribution >= 4 is 34.7 Å². The lowest BCUT2D eigenvalue weighted by molar-refractivity contribution is -0.384. The van der Waals surface area contributed by atoms with Crippen molar-refractivity contribution in [2.45, 2.75) is 13.0 Å². The molecule has 7 heteroatoms. The van der Waals surface area contributed by atoms with Crippen LogP contribution >= 0.6 is 23.2 Å². The second kappa shape index (κ2) is 6.07. The van der Waals surface area contributed by atoms with Gasteiger partial charge in [0.05, 0.1) is 17.1 Å². The van der Waals surface area contributed by atoms with E-state index in [2.05, 4.69) is 10.3 Å². The summed E-state index contributed by atoms with van der Waals surface area (Å²) in [5.74, 6) is 0.344. The number of rotatable bonds is 4. The lowest BCUT2D eigenvalue weighted by atomic mass is 10.1. The van der Waals surface area contributed by atoms with Crippen molar-refractivity contribution in [1.29, 1.82) is 0 Å². The molecule has 1 unspecified atom stereocenters. The summed E-state index contributed by atoms with van der Waals surface area (Å²) in [6.07, 6.45) is 0. The van der Waals surface area contributed by atoms with Crippen LogP contribution in [-0.2, 0) is 0 Å². The van der Waals surface area contributed by atoms with Crippen molar-refractivity contribution < 1.29 is 4.92 Å². The van der Waals surface area contributed by atoms with Gasteiger partial charge in [0.15, 0.2) is 0 Å². The first-order valence-corrected chi connectivity index (χ1v) is 6.55. The fourth-order valence-corrected chi connectivity index (χ4v) is 2.15. The van der Waals surface area contributed by atoms with Gasteiger partial charge in [-0.1, -0.05) is 35.3 Å². The maximum Gasteiger partial charge on any atom is 0.276 e. The number of aromatic nitrogens is 1. The highest BCUT2D eigenvalue weighted by atomic mass is 35.5. The van der Waals surface area contributed by atoms with Gasteiger partial charge >= 0.3 is 0 Å². The number of nitrogens with one attached hydrogen (secondary N) is 1. The fourth-order valence-electron chi connectivity index (χ4n) is 1.74. The summed E-state index contributed by atoms with van der Waals surface area (Å²) in [6.45, 7) is 1.90. The summed E-state index contributed by atoms with van der Waals surface area (Å²) >= 11 is 11.7. The molecule has 104 valence electrons. The highest BCUT2D eigenvalue weighted by Gasteiger charge is 2.12. The molecule has 0 amide bonds. The van der Waals surface area contributed by atoms with E-state index in [1.807, 2.05) is 25.1 Å². The third-order valence-electron chi connectivity index (χ3n) is 2.70. The van der Waals surface area contributed by atoms with Crippen molar-refractivity contribution in [3.05, 3.63) is 62.3 Å².